The molecule has 4 rings (SSSR count). The van der Waals surface area contributed by atoms with Gasteiger partial charge in [0, 0.05) is 35.2 Å². The summed E-state index contributed by atoms with van der Waals surface area (Å²) in [5, 5.41) is 19.9. The van der Waals surface area contributed by atoms with Crippen molar-refractivity contribution in [2.24, 2.45) is 10.8 Å². The van der Waals surface area contributed by atoms with E-state index in [1.807, 2.05) is 19.9 Å². The van der Waals surface area contributed by atoms with Crippen molar-refractivity contribution in [1.29, 1.82) is 0 Å². The van der Waals surface area contributed by atoms with E-state index in [-0.39, 0.29) is 25.4 Å². The zero-order valence-corrected chi connectivity index (χ0v) is 13.9. The number of fused-ring (bicyclic) bond motifs is 2. The molecule has 1 saturated carbocycles. The Morgan fingerprint density at radius 1 is 1.08 bits per heavy atom. The number of likely N-dealkylation sites (tertiary alicyclic amines) is 1. The molecule has 25 heavy (non-hydrogen) atoms. The maximum Gasteiger partial charge on any atom is 0.312 e. The normalized spacial score (nSPS) is 27.4. The van der Waals surface area contributed by atoms with E-state index in [1.165, 1.54) is 4.90 Å². The molecule has 1 aromatic carbocycles. The van der Waals surface area contributed by atoms with Crippen molar-refractivity contribution in [3.63, 3.8) is 0 Å². The largest absolute Gasteiger partial charge is 0.481 e. The minimum Gasteiger partial charge on any atom is -0.481 e. The molecule has 7 nitrogen and oxygen atoms in total. The Balaban J connectivity index is 1.68. The fourth-order valence-electron chi connectivity index (χ4n) is 4.21. The zero-order valence-electron chi connectivity index (χ0n) is 13.9. The molecule has 130 valence electrons. The summed E-state index contributed by atoms with van der Waals surface area (Å²) in [5.74, 6) is -2.61. The van der Waals surface area contributed by atoms with E-state index in [4.69, 9.17) is 0 Å². The summed E-state index contributed by atoms with van der Waals surface area (Å²) in [6.45, 7) is 3.80. The Bertz CT molecular complexity index is 934. The Labute approximate surface area is 143 Å². The summed E-state index contributed by atoms with van der Waals surface area (Å²) in [4.78, 5) is 40.6. The first kappa shape index (κ1) is 15.7. The van der Waals surface area contributed by atoms with Gasteiger partial charge in [-0.05, 0) is 44.0 Å². The summed E-state index contributed by atoms with van der Waals surface area (Å²) in [6.07, 6.45) is 0.0869. The van der Waals surface area contributed by atoms with Crippen LogP contribution in [0.5, 0.6) is 0 Å². The number of piperidine rings is 1. The van der Waals surface area contributed by atoms with Crippen LogP contribution in [0, 0.1) is 24.7 Å². The van der Waals surface area contributed by atoms with Crippen LogP contribution in [0.4, 0.5) is 0 Å². The Morgan fingerprint density at radius 2 is 1.68 bits per heavy atom. The lowest BCUT2D eigenvalue weighted by Crippen LogP contribution is -2.34. The summed E-state index contributed by atoms with van der Waals surface area (Å²) < 4.78 is 0. The lowest BCUT2D eigenvalue weighted by atomic mass is 9.97. The van der Waals surface area contributed by atoms with Gasteiger partial charge < -0.3 is 20.1 Å². The molecule has 0 radical (unpaired) electrons. The maximum atomic E-state index is 12.8. The SMILES string of the molecule is Cc1[nH]c2ccc(C(=O)N3C[C@@]4(C(=O)O)C[C@@]4(C(=O)O)C3)cc2c1C. The van der Waals surface area contributed by atoms with E-state index in [0.29, 0.717) is 5.56 Å². The van der Waals surface area contributed by atoms with Crippen molar-refractivity contribution in [1.82, 2.24) is 9.88 Å². The van der Waals surface area contributed by atoms with Crippen molar-refractivity contribution in [2.45, 2.75) is 20.3 Å². The first-order chi connectivity index (χ1) is 11.7. The molecule has 0 unspecified atom stereocenters. The maximum absolute atomic E-state index is 12.8. The highest BCUT2D eigenvalue weighted by Crippen LogP contribution is 2.68. The molecular formula is C18H18N2O5. The Morgan fingerprint density at radius 3 is 2.24 bits per heavy atom. The van der Waals surface area contributed by atoms with Gasteiger partial charge in [-0.2, -0.15) is 0 Å². The van der Waals surface area contributed by atoms with Gasteiger partial charge in [0.05, 0.1) is 0 Å². The number of hydrogen-bond donors (Lipinski definition) is 3. The molecule has 1 amide bonds. The van der Waals surface area contributed by atoms with Crippen molar-refractivity contribution in [2.75, 3.05) is 13.1 Å². The van der Waals surface area contributed by atoms with Crippen molar-refractivity contribution < 1.29 is 24.6 Å². The Kier molecular flexibility index (Phi) is 2.90. The van der Waals surface area contributed by atoms with E-state index in [2.05, 4.69) is 4.98 Å². The van der Waals surface area contributed by atoms with E-state index >= 15 is 0 Å². The number of carbonyl (C=O) groups is 3. The number of amides is 1. The number of H-pyrrole nitrogens is 1. The second kappa shape index (κ2) is 4.62. The third-order valence-corrected chi connectivity index (χ3v) is 5.98. The minimum atomic E-state index is -1.35. The van der Waals surface area contributed by atoms with Gasteiger partial charge in [-0.25, -0.2) is 0 Å². The van der Waals surface area contributed by atoms with Gasteiger partial charge in [0.15, 0.2) is 0 Å². The van der Waals surface area contributed by atoms with Crippen LogP contribution < -0.4 is 0 Å². The van der Waals surface area contributed by atoms with Gasteiger partial charge >= 0.3 is 11.9 Å². The van der Waals surface area contributed by atoms with Crippen LogP contribution >= 0.6 is 0 Å². The molecular weight excluding hydrogens is 324 g/mol. The summed E-state index contributed by atoms with van der Waals surface area (Å²) >= 11 is 0. The van der Waals surface area contributed by atoms with Gasteiger partial charge in [-0.3, -0.25) is 14.4 Å². The third-order valence-electron chi connectivity index (χ3n) is 5.98. The molecule has 2 fully saturated rings. The van der Waals surface area contributed by atoms with Gasteiger partial charge in [0.25, 0.3) is 5.91 Å². The van der Waals surface area contributed by atoms with Gasteiger partial charge in [0.1, 0.15) is 10.8 Å². The van der Waals surface area contributed by atoms with Crippen LogP contribution in [0.15, 0.2) is 18.2 Å². The summed E-state index contributed by atoms with van der Waals surface area (Å²) in [5.41, 5.74) is 0.754. The van der Waals surface area contributed by atoms with Crippen LogP contribution in [0.1, 0.15) is 28.0 Å². The number of carbonyl (C=O) groups excluding carboxylic acids is 1. The lowest BCUT2D eigenvalue weighted by molar-refractivity contribution is -0.151. The monoisotopic (exact) mass is 342 g/mol. The fraction of sp³-hybridized carbons (Fsp3) is 0.389. The molecule has 2 aromatic rings. The van der Waals surface area contributed by atoms with E-state index < -0.39 is 22.8 Å². The topological polar surface area (TPSA) is 111 Å². The van der Waals surface area contributed by atoms with Crippen LogP contribution in [0.25, 0.3) is 10.9 Å². The molecule has 2 atom stereocenters. The highest BCUT2D eigenvalue weighted by Gasteiger charge is 2.81. The van der Waals surface area contributed by atoms with Crippen LogP contribution in [0.2, 0.25) is 0 Å². The van der Waals surface area contributed by atoms with E-state index in [9.17, 15) is 24.6 Å². The van der Waals surface area contributed by atoms with E-state index in [1.54, 1.807) is 12.1 Å². The molecule has 0 bridgehead atoms. The smallest absolute Gasteiger partial charge is 0.312 e. The minimum absolute atomic E-state index is 0.0589. The number of rotatable bonds is 3. The number of carboxylic acids is 2. The third kappa shape index (κ3) is 1.83. The summed E-state index contributed by atoms with van der Waals surface area (Å²) in [7, 11) is 0. The van der Waals surface area contributed by atoms with Crippen LogP contribution in [-0.2, 0) is 9.59 Å². The highest BCUT2D eigenvalue weighted by molar-refractivity contribution is 6.02. The molecule has 1 saturated heterocycles. The number of carboxylic acid groups (broad SMARTS) is 2. The lowest BCUT2D eigenvalue weighted by Gasteiger charge is -2.20. The fourth-order valence-corrected chi connectivity index (χ4v) is 4.21. The number of aliphatic carboxylic acids is 2. The predicted octanol–water partition coefficient (Wildman–Crippen LogP) is 1.79. The van der Waals surface area contributed by atoms with Crippen LogP contribution in [0.3, 0.4) is 0 Å². The molecule has 3 N–H and O–H groups in total. The number of nitrogens with one attached hydrogen (secondary N) is 1. The van der Waals surface area contributed by atoms with Crippen LogP contribution in [-0.4, -0.2) is 51.0 Å². The van der Waals surface area contributed by atoms with E-state index in [0.717, 1.165) is 22.2 Å². The number of aromatic amines is 1. The van der Waals surface area contributed by atoms with Gasteiger partial charge in [-0.15, -0.1) is 0 Å². The quantitative estimate of drug-likeness (QED) is 0.787. The Hall–Kier alpha value is -2.83. The van der Waals surface area contributed by atoms with Crippen molar-refractivity contribution in [3.8, 4) is 0 Å². The molecule has 1 aliphatic heterocycles. The van der Waals surface area contributed by atoms with Crippen molar-refractivity contribution in [3.05, 3.63) is 35.0 Å². The second-order valence-corrected chi connectivity index (χ2v) is 7.25. The molecule has 2 heterocycles. The number of aryl methyl sites for hydroxylation is 2. The second-order valence-electron chi connectivity index (χ2n) is 7.25. The number of benzene rings is 1. The first-order valence-electron chi connectivity index (χ1n) is 8.07. The first-order valence-corrected chi connectivity index (χ1v) is 8.07. The van der Waals surface area contributed by atoms with Crippen molar-refractivity contribution >= 4 is 28.7 Å². The molecule has 2 aliphatic rings. The number of nitrogens with zero attached hydrogens (tertiary/aromatic N) is 1. The zero-order chi connectivity index (χ0) is 18.1. The van der Waals surface area contributed by atoms with Gasteiger partial charge in [-0.1, -0.05) is 0 Å². The molecule has 1 aliphatic carbocycles. The standard InChI is InChI=1S/C18H18N2O5/c1-9-10(2)19-13-4-3-11(5-12(9)13)14(21)20-7-17(15(22)23)6-18(17,8-20)16(24)25/h3-5,19H,6-8H2,1-2H3,(H,22,23)(H,24,25)/t17-,18+. The number of aromatic nitrogens is 1. The average molecular weight is 342 g/mol. The van der Waals surface area contributed by atoms with Gasteiger partial charge in [0.2, 0.25) is 0 Å². The predicted molar refractivity (Wildman–Crippen MR) is 88.4 cm³/mol. The number of hydrogen-bond acceptors (Lipinski definition) is 3. The summed E-state index contributed by atoms with van der Waals surface area (Å²) in [6, 6.07) is 5.28. The average Bonchev–Trinajstić information content (AvgIpc) is 2.98. The highest BCUT2D eigenvalue weighted by atomic mass is 16.4. The molecule has 0 spiro atoms. The molecule has 1 aromatic heterocycles. The molecule has 7 heteroatoms.